The fourth-order valence-electron chi connectivity index (χ4n) is 2.02. The topological polar surface area (TPSA) is 83.5 Å². The molecule has 0 radical (unpaired) electrons. The summed E-state index contributed by atoms with van der Waals surface area (Å²) in [4.78, 5) is 10.7. The van der Waals surface area contributed by atoms with Crippen LogP contribution in [0.5, 0.6) is 0 Å². The molecule has 1 fully saturated rings. The first-order chi connectivity index (χ1) is 7.39. The van der Waals surface area contributed by atoms with Gasteiger partial charge in [0, 0.05) is 6.54 Å². The van der Waals surface area contributed by atoms with E-state index in [0.717, 1.165) is 19.3 Å². The summed E-state index contributed by atoms with van der Waals surface area (Å²) in [7, 11) is -3.22. The molecule has 0 aromatic heterocycles. The van der Waals surface area contributed by atoms with Crippen molar-refractivity contribution in [2.24, 2.45) is 5.41 Å². The Labute approximate surface area is 96.3 Å². The van der Waals surface area contributed by atoms with Crippen molar-refractivity contribution in [3.05, 3.63) is 0 Å². The molecule has 0 spiro atoms. The van der Waals surface area contributed by atoms with Crippen LogP contribution in [0.2, 0.25) is 0 Å². The molecule has 0 aromatic rings. The Hall–Kier alpha value is -0.620. The third-order valence-electron chi connectivity index (χ3n) is 3.08. The van der Waals surface area contributed by atoms with Crippen molar-refractivity contribution in [1.82, 2.24) is 4.72 Å². The van der Waals surface area contributed by atoms with Crippen LogP contribution in [-0.4, -0.2) is 31.8 Å². The van der Waals surface area contributed by atoms with E-state index in [1.54, 1.807) is 6.92 Å². The number of carboxylic acid groups (broad SMARTS) is 1. The van der Waals surface area contributed by atoms with Crippen molar-refractivity contribution in [3.63, 3.8) is 0 Å². The molecule has 6 heteroatoms. The lowest BCUT2D eigenvalue weighted by molar-refractivity contribution is -0.141. The summed E-state index contributed by atoms with van der Waals surface area (Å²) in [5.74, 6) is -0.745. The zero-order valence-electron chi connectivity index (χ0n) is 9.53. The van der Waals surface area contributed by atoms with Gasteiger partial charge in [-0.2, -0.15) is 0 Å². The third kappa shape index (κ3) is 3.75. The maximum Gasteiger partial charge on any atom is 0.303 e. The largest absolute Gasteiger partial charge is 0.481 e. The first kappa shape index (κ1) is 13.4. The van der Waals surface area contributed by atoms with E-state index in [-0.39, 0.29) is 24.1 Å². The lowest BCUT2D eigenvalue weighted by Crippen LogP contribution is -2.44. The molecule has 1 saturated carbocycles. The van der Waals surface area contributed by atoms with Gasteiger partial charge in [0.1, 0.15) is 0 Å². The Morgan fingerprint density at radius 2 is 2.06 bits per heavy atom. The molecule has 0 aromatic carbocycles. The standard InChI is InChI=1S/C10H19NO4S/c1-2-6-16(14,15)11-8-10(4-3-5-10)7-9(12)13/h11H,2-8H2,1H3,(H,12,13). The molecule has 16 heavy (non-hydrogen) atoms. The molecular weight excluding hydrogens is 230 g/mol. The summed E-state index contributed by atoms with van der Waals surface area (Å²) in [6, 6.07) is 0. The lowest BCUT2D eigenvalue weighted by Gasteiger charge is -2.40. The average molecular weight is 249 g/mol. The minimum absolute atomic E-state index is 0.0572. The van der Waals surface area contributed by atoms with E-state index in [1.165, 1.54) is 0 Å². The van der Waals surface area contributed by atoms with Crippen LogP contribution in [0.15, 0.2) is 0 Å². The Kier molecular flexibility index (Phi) is 4.32. The minimum Gasteiger partial charge on any atom is -0.481 e. The molecule has 1 aliphatic carbocycles. The van der Waals surface area contributed by atoms with Gasteiger partial charge in [-0.15, -0.1) is 0 Å². The van der Waals surface area contributed by atoms with Crippen molar-refractivity contribution >= 4 is 16.0 Å². The second kappa shape index (κ2) is 5.14. The zero-order valence-corrected chi connectivity index (χ0v) is 10.3. The molecular formula is C10H19NO4S. The van der Waals surface area contributed by atoms with Gasteiger partial charge in [-0.25, -0.2) is 13.1 Å². The number of aliphatic carboxylic acids is 1. The van der Waals surface area contributed by atoms with E-state index >= 15 is 0 Å². The van der Waals surface area contributed by atoms with Gasteiger partial charge in [-0.3, -0.25) is 4.79 Å². The van der Waals surface area contributed by atoms with Crippen molar-refractivity contribution in [1.29, 1.82) is 0 Å². The molecule has 0 atom stereocenters. The number of sulfonamides is 1. The number of hydrogen-bond donors (Lipinski definition) is 2. The molecule has 0 unspecified atom stereocenters. The van der Waals surface area contributed by atoms with Crippen LogP contribution in [0.4, 0.5) is 0 Å². The molecule has 1 aliphatic rings. The number of hydrogen-bond acceptors (Lipinski definition) is 3. The smallest absolute Gasteiger partial charge is 0.303 e. The molecule has 0 heterocycles. The summed E-state index contributed by atoms with van der Waals surface area (Å²) in [6.07, 6.45) is 3.22. The highest BCUT2D eigenvalue weighted by Crippen LogP contribution is 2.43. The van der Waals surface area contributed by atoms with E-state index in [2.05, 4.69) is 4.72 Å². The number of carboxylic acids is 1. The SMILES string of the molecule is CCCS(=O)(=O)NCC1(CC(=O)O)CCC1. The molecule has 1 rings (SSSR count). The number of carbonyl (C=O) groups is 1. The molecule has 0 amide bonds. The highest BCUT2D eigenvalue weighted by Gasteiger charge is 2.39. The van der Waals surface area contributed by atoms with Gasteiger partial charge in [0.15, 0.2) is 0 Å². The fraction of sp³-hybridized carbons (Fsp3) is 0.900. The highest BCUT2D eigenvalue weighted by atomic mass is 32.2. The van der Waals surface area contributed by atoms with E-state index < -0.39 is 16.0 Å². The van der Waals surface area contributed by atoms with E-state index in [1.807, 2.05) is 0 Å². The fourth-order valence-corrected chi connectivity index (χ4v) is 3.23. The summed E-state index contributed by atoms with van der Waals surface area (Å²) in [5.41, 5.74) is -0.341. The second-order valence-electron chi connectivity index (χ2n) is 4.56. The Bertz CT molecular complexity index is 346. The Balaban J connectivity index is 2.49. The predicted octanol–water partition coefficient (Wildman–Crippen LogP) is 0.961. The van der Waals surface area contributed by atoms with Crippen molar-refractivity contribution in [3.8, 4) is 0 Å². The maximum atomic E-state index is 11.4. The van der Waals surface area contributed by atoms with Crippen LogP contribution in [0.25, 0.3) is 0 Å². The van der Waals surface area contributed by atoms with Gasteiger partial charge in [-0.1, -0.05) is 13.3 Å². The summed E-state index contributed by atoms with van der Waals surface area (Å²) in [6.45, 7) is 2.07. The number of nitrogens with one attached hydrogen (secondary N) is 1. The van der Waals surface area contributed by atoms with Gasteiger partial charge in [0.2, 0.25) is 10.0 Å². The minimum atomic E-state index is -3.22. The predicted molar refractivity (Wildman–Crippen MR) is 60.6 cm³/mol. The molecule has 0 saturated heterocycles. The quantitative estimate of drug-likeness (QED) is 0.704. The van der Waals surface area contributed by atoms with Gasteiger partial charge >= 0.3 is 5.97 Å². The van der Waals surface area contributed by atoms with Gasteiger partial charge < -0.3 is 5.11 Å². The van der Waals surface area contributed by atoms with E-state index in [0.29, 0.717) is 6.42 Å². The summed E-state index contributed by atoms with van der Waals surface area (Å²) < 4.78 is 25.4. The first-order valence-corrected chi connectivity index (χ1v) is 7.23. The van der Waals surface area contributed by atoms with Gasteiger partial charge in [0.25, 0.3) is 0 Å². The Morgan fingerprint density at radius 1 is 1.44 bits per heavy atom. The highest BCUT2D eigenvalue weighted by molar-refractivity contribution is 7.89. The first-order valence-electron chi connectivity index (χ1n) is 5.58. The van der Waals surface area contributed by atoms with Crippen molar-refractivity contribution in [2.75, 3.05) is 12.3 Å². The number of rotatable bonds is 7. The monoisotopic (exact) mass is 249 g/mol. The van der Waals surface area contributed by atoms with Crippen LogP contribution in [0, 0.1) is 5.41 Å². The molecule has 2 N–H and O–H groups in total. The van der Waals surface area contributed by atoms with Crippen LogP contribution in [0.3, 0.4) is 0 Å². The molecule has 0 bridgehead atoms. The van der Waals surface area contributed by atoms with E-state index in [4.69, 9.17) is 5.11 Å². The van der Waals surface area contributed by atoms with Crippen LogP contribution in [0.1, 0.15) is 39.0 Å². The molecule has 5 nitrogen and oxygen atoms in total. The second-order valence-corrected chi connectivity index (χ2v) is 6.49. The summed E-state index contributed by atoms with van der Waals surface area (Å²) >= 11 is 0. The van der Waals surface area contributed by atoms with E-state index in [9.17, 15) is 13.2 Å². The molecule has 94 valence electrons. The van der Waals surface area contributed by atoms with Crippen LogP contribution in [-0.2, 0) is 14.8 Å². The average Bonchev–Trinajstić information content (AvgIpc) is 2.09. The zero-order chi connectivity index (χ0) is 12.2. The normalized spacial score (nSPS) is 19.1. The van der Waals surface area contributed by atoms with Crippen LogP contribution < -0.4 is 4.72 Å². The third-order valence-corrected chi connectivity index (χ3v) is 4.61. The lowest BCUT2D eigenvalue weighted by atomic mass is 9.67. The summed E-state index contributed by atoms with van der Waals surface area (Å²) in [5, 5.41) is 8.77. The van der Waals surface area contributed by atoms with Gasteiger partial charge in [0.05, 0.1) is 12.2 Å². The van der Waals surface area contributed by atoms with Gasteiger partial charge in [-0.05, 0) is 24.7 Å². The Morgan fingerprint density at radius 3 is 2.44 bits per heavy atom. The van der Waals surface area contributed by atoms with Crippen LogP contribution >= 0.6 is 0 Å². The maximum absolute atomic E-state index is 11.4. The van der Waals surface area contributed by atoms with Crippen molar-refractivity contribution < 1.29 is 18.3 Å². The molecule has 0 aliphatic heterocycles. The van der Waals surface area contributed by atoms with Crippen molar-refractivity contribution in [2.45, 2.75) is 39.0 Å².